The maximum absolute atomic E-state index is 12.6. The molecule has 0 atom stereocenters. The highest BCUT2D eigenvalue weighted by molar-refractivity contribution is 7.58. The van der Waals surface area contributed by atoms with Crippen molar-refractivity contribution in [1.82, 2.24) is 4.98 Å². The monoisotopic (exact) mass is 285 g/mol. The molecule has 0 fully saturated rings. The number of hydrogen-bond acceptors (Lipinski definition) is 4. The molecule has 0 saturated heterocycles. The lowest BCUT2D eigenvalue weighted by atomic mass is 10.1. The molecule has 0 N–H and O–H groups in total. The lowest BCUT2D eigenvalue weighted by Gasteiger charge is -2.15. The highest BCUT2D eigenvalue weighted by Crippen LogP contribution is 2.35. The second-order valence-corrected chi connectivity index (χ2v) is 4.66. The molecule has 0 spiro atoms. The van der Waals surface area contributed by atoms with Gasteiger partial charge in [0.05, 0.1) is 11.6 Å². The fraction of sp³-hybridized carbons (Fsp3) is 0.0909. The van der Waals surface area contributed by atoms with Crippen LogP contribution in [0.15, 0.2) is 28.6 Å². The zero-order valence-corrected chi connectivity index (χ0v) is 10.3. The molecule has 92 valence electrons. The van der Waals surface area contributed by atoms with Crippen LogP contribution in [0, 0.1) is 11.3 Å². The van der Waals surface area contributed by atoms with Crippen molar-refractivity contribution in [3.8, 4) is 16.5 Å². The van der Waals surface area contributed by atoms with Crippen molar-refractivity contribution >= 4 is 24.0 Å². The molecule has 0 amide bonds. The minimum atomic E-state index is -4.58. The average molecular weight is 285 g/mol. The Morgan fingerprint density at radius 2 is 2.11 bits per heavy atom. The quantitative estimate of drug-likeness (QED) is 0.751. The van der Waals surface area contributed by atoms with E-state index in [1.54, 1.807) is 23.6 Å². The third kappa shape index (κ3) is 2.30. The normalized spacial score (nSPS) is 11.2. The number of alkyl halides is 3. The number of aromatic nitrogens is 1. The average Bonchev–Trinajstić information content (AvgIpc) is 2.79. The van der Waals surface area contributed by atoms with Crippen LogP contribution in [-0.2, 0) is 18.8 Å². The highest BCUT2D eigenvalue weighted by atomic mass is 32.1. The van der Waals surface area contributed by atoms with Gasteiger partial charge in [0.2, 0.25) is 0 Å². The molecule has 0 aliphatic heterocycles. The zero-order valence-electron chi connectivity index (χ0n) is 8.65. The van der Waals surface area contributed by atoms with Crippen LogP contribution in [0.5, 0.6) is 0 Å². The van der Waals surface area contributed by atoms with Gasteiger partial charge in [-0.3, -0.25) is 4.98 Å². The fourth-order valence-electron chi connectivity index (χ4n) is 1.40. The van der Waals surface area contributed by atoms with Crippen LogP contribution in [0.4, 0.5) is 13.2 Å². The number of pyridine rings is 1. The molecule has 0 saturated carbocycles. The van der Waals surface area contributed by atoms with Gasteiger partial charge in [0.25, 0.3) is 0 Å². The van der Waals surface area contributed by atoms with Crippen molar-refractivity contribution in [3.05, 3.63) is 34.8 Å². The molecule has 0 radical (unpaired) electrons. The predicted octanol–water partition coefficient (Wildman–Crippen LogP) is 3.61. The van der Waals surface area contributed by atoms with E-state index in [4.69, 9.17) is 17.9 Å². The smallest absolute Gasteiger partial charge is 0.433 e. The molecule has 0 aliphatic carbocycles. The molecule has 2 aromatic rings. The SMILES string of the molecule is N#Cc1c(-c2cccs2)cc(C(F)(F)F)nc1[S-]. The van der Waals surface area contributed by atoms with Crippen LogP contribution in [0.2, 0.25) is 0 Å². The van der Waals surface area contributed by atoms with Crippen LogP contribution in [-0.4, -0.2) is 4.98 Å². The zero-order chi connectivity index (χ0) is 13.3. The minimum absolute atomic E-state index is 0.000417. The van der Waals surface area contributed by atoms with E-state index in [0.29, 0.717) is 4.88 Å². The number of thiophene rings is 1. The Labute approximate surface area is 110 Å². The molecule has 0 bridgehead atoms. The van der Waals surface area contributed by atoms with Crippen molar-refractivity contribution in [2.75, 3.05) is 0 Å². The van der Waals surface area contributed by atoms with Gasteiger partial charge >= 0.3 is 6.18 Å². The van der Waals surface area contributed by atoms with Crippen LogP contribution in [0.3, 0.4) is 0 Å². The van der Waals surface area contributed by atoms with Crippen molar-refractivity contribution in [2.45, 2.75) is 11.2 Å². The van der Waals surface area contributed by atoms with Gasteiger partial charge < -0.3 is 12.6 Å². The van der Waals surface area contributed by atoms with Crippen molar-refractivity contribution < 1.29 is 13.2 Å². The topological polar surface area (TPSA) is 36.7 Å². The lowest BCUT2D eigenvalue weighted by Crippen LogP contribution is -2.10. The lowest BCUT2D eigenvalue weighted by molar-refractivity contribution is -0.141. The molecular formula is C11H4F3N2S2-. The Bertz CT molecular complexity index is 612. The van der Waals surface area contributed by atoms with E-state index in [0.717, 1.165) is 6.07 Å². The minimum Gasteiger partial charge on any atom is -0.759 e. The van der Waals surface area contributed by atoms with E-state index < -0.39 is 11.9 Å². The first-order valence-corrected chi connectivity index (χ1v) is 5.95. The largest absolute Gasteiger partial charge is 0.759 e. The first kappa shape index (κ1) is 12.8. The Hall–Kier alpha value is -1.65. The summed E-state index contributed by atoms with van der Waals surface area (Å²) < 4.78 is 37.9. The maximum atomic E-state index is 12.6. The Kier molecular flexibility index (Phi) is 3.24. The van der Waals surface area contributed by atoms with Crippen LogP contribution in [0.25, 0.3) is 10.4 Å². The van der Waals surface area contributed by atoms with Gasteiger partial charge in [0.15, 0.2) is 0 Å². The second kappa shape index (κ2) is 4.55. The van der Waals surface area contributed by atoms with E-state index in [1.165, 1.54) is 11.3 Å². The Balaban J connectivity index is 2.71. The third-order valence-electron chi connectivity index (χ3n) is 2.18. The number of nitrogens with zero attached hydrogens (tertiary/aromatic N) is 2. The summed E-state index contributed by atoms with van der Waals surface area (Å²) in [6.07, 6.45) is -4.58. The molecule has 18 heavy (non-hydrogen) atoms. The Morgan fingerprint density at radius 1 is 1.39 bits per heavy atom. The van der Waals surface area contributed by atoms with E-state index in [1.807, 2.05) is 0 Å². The number of rotatable bonds is 1. The van der Waals surface area contributed by atoms with Crippen molar-refractivity contribution in [2.24, 2.45) is 0 Å². The van der Waals surface area contributed by atoms with Gasteiger partial charge in [-0.15, -0.1) is 11.3 Å². The summed E-state index contributed by atoms with van der Waals surface area (Å²) in [4.78, 5) is 3.82. The van der Waals surface area contributed by atoms with Gasteiger partial charge in [-0.1, -0.05) is 11.1 Å². The molecule has 7 heteroatoms. The fourth-order valence-corrected chi connectivity index (χ4v) is 2.40. The summed E-state index contributed by atoms with van der Waals surface area (Å²) in [5.74, 6) is 0. The van der Waals surface area contributed by atoms with E-state index >= 15 is 0 Å². The van der Waals surface area contributed by atoms with Gasteiger partial charge in [0.1, 0.15) is 5.69 Å². The van der Waals surface area contributed by atoms with E-state index in [2.05, 4.69) is 4.98 Å². The van der Waals surface area contributed by atoms with E-state index in [-0.39, 0.29) is 16.2 Å². The summed E-state index contributed by atoms with van der Waals surface area (Å²) in [5, 5.41) is 10.4. The number of nitriles is 1. The summed E-state index contributed by atoms with van der Waals surface area (Å²) in [6, 6.07) is 5.99. The van der Waals surface area contributed by atoms with Gasteiger partial charge in [-0.05, 0) is 17.5 Å². The van der Waals surface area contributed by atoms with Crippen molar-refractivity contribution in [3.63, 3.8) is 0 Å². The van der Waals surface area contributed by atoms with Gasteiger partial charge in [-0.2, -0.15) is 18.4 Å². The molecular weight excluding hydrogens is 281 g/mol. The molecule has 0 unspecified atom stereocenters. The summed E-state index contributed by atoms with van der Waals surface area (Å²) in [6.45, 7) is 0. The predicted molar refractivity (Wildman–Crippen MR) is 62.9 cm³/mol. The van der Waals surface area contributed by atoms with Crippen molar-refractivity contribution in [1.29, 1.82) is 5.26 Å². The molecule has 0 aromatic carbocycles. The molecule has 2 aromatic heterocycles. The van der Waals surface area contributed by atoms with Crippen LogP contribution < -0.4 is 0 Å². The maximum Gasteiger partial charge on any atom is 0.433 e. The molecule has 2 nitrogen and oxygen atoms in total. The van der Waals surface area contributed by atoms with Gasteiger partial charge in [-0.25, -0.2) is 0 Å². The second-order valence-electron chi connectivity index (χ2n) is 3.32. The Morgan fingerprint density at radius 3 is 2.61 bits per heavy atom. The van der Waals surface area contributed by atoms with Gasteiger partial charge in [0, 0.05) is 10.4 Å². The summed E-state index contributed by atoms with van der Waals surface area (Å²) >= 11 is 5.98. The standard InChI is InChI=1S/C11H5F3N2S2/c12-11(13,14)9-4-6(8-2-1-3-18-8)7(5-15)10(17)16-9/h1-4H,(H,16,17)/p-1. The van der Waals surface area contributed by atoms with Crippen LogP contribution in [0.1, 0.15) is 11.3 Å². The first-order chi connectivity index (χ1) is 8.43. The van der Waals surface area contributed by atoms with Crippen LogP contribution >= 0.6 is 11.3 Å². The highest BCUT2D eigenvalue weighted by Gasteiger charge is 2.33. The first-order valence-electron chi connectivity index (χ1n) is 4.66. The van der Waals surface area contributed by atoms with E-state index in [9.17, 15) is 13.2 Å². The number of halogens is 3. The molecule has 0 aliphatic rings. The summed E-state index contributed by atoms with van der Waals surface area (Å²) in [5.41, 5.74) is -0.893. The summed E-state index contributed by atoms with van der Waals surface area (Å²) in [7, 11) is 0. The molecule has 2 heterocycles. The molecule has 2 rings (SSSR count). The number of hydrogen-bond donors (Lipinski definition) is 0. The third-order valence-corrected chi connectivity index (χ3v) is 3.37.